The summed E-state index contributed by atoms with van der Waals surface area (Å²) in [6, 6.07) is 12.4. The highest BCUT2D eigenvalue weighted by Crippen LogP contribution is 2.30. The molecule has 4 aromatic rings. The summed E-state index contributed by atoms with van der Waals surface area (Å²) < 4.78 is 25.5. The number of aliphatic hydroxyl groups excluding tert-OH is 1. The SMILES string of the molecule is C.CCC(=O)c1ncc(-c2ccc(F)cc2)s1.CCC(O)c1ncc(-c2ccc(F)cc2)s1. The van der Waals surface area contributed by atoms with Gasteiger partial charge in [-0.15, -0.1) is 22.7 Å². The number of thiazole rings is 2. The molecule has 0 bridgehead atoms. The van der Waals surface area contributed by atoms with Gasteiger partial charge in [-0.1, -0.05) is 45.5 Å². The van der Waals surface area contributed by atoms with Gasteiger partial charge < -0.3 is 5.11 Å². The van der Waals surface area contributed by atoms with Gasteiger partial charge in [-0.25, -0.2) is 18.7 Å². The maximum absolute atomic E-state index is 12.7. The third-order valence-corrected chi connectivity index (χ3v) is 6.75. The first-order chi connectivity index (χ1) is 15.4. The quantitative estimate of drug-likeness (QED) is 0.284. The van der Waals surface area contributed by atoms with E-state index in [0.717, 1.165) is 20.9 Å². The van der Waals surface area contributed by atoms with Gasteiger partial charge in [-0.05, 0) is 41.8 Å². The van der Waals surface area contributed by atoms with E-state index in [0.29, 0.717) is 22.9 Å². The zero-order valence-corrected chi connectivity index (χ0v) is 19.2. The van der Waals surface area contributed by atoms with Crippen molar-refractivity contribution in [1.82, 2.24) is 9.97 Å². The number of benzene rings is 2. The summed E-state index contributed by atoms with van der Waals surface area (Å²) in [5.41, 5.74) is 1.81. The number of hydrogen-bond donors (Lipinski definition) is 1. The van der Waals surface area contributed by atoms with E-state index in [9.17, 15) is 18.7 Å². The van der Waals surface area contributed by atoms with Crippen LogP contribution in [0.1, 0.15) is 55.0 Å². The number of nitrogens with zero attached hydrogens (tertiary/aromatic N) is 2. The fraction of sp³-hybridized carbons (Fsp3) is 0.240. The lowest BCUT2D eigenvalue weighted by molar-refractivity contribution is 0.0987. The topological polar surface area (TPSA) is 63.1 Å². The van der Waals surface area contributed by atoms with Crippen molar-refractivity contribution in [1.29, 1.82) is 0 Å². The molecular weight excluding hydrogens is 462 g/mol. The third kappa shape index (κ3) is 7.08. The van der Waals surface area contributed by atoms with Crippen molar-refractivity contribution in [2.45, 2.75) is 40.2 Å². The second-order valence-corrected chi connectivity index (χ2v) is 8.90. The van der Waals surface area contributed by atoms with Crippen molar-refractivity contribution < 1.29 is 18.7 Å². The minimum atomic E-state index is -0.501. The molecule has 0 saturated carbocycles. The van der Waals surface area contributed by atoms with Crippen LogP contribution in [0.25, 0.3) is 20.9 Å². The van der Waals surface area contributed by atoms with Crippen LogP contribution in [-0.4, -0.2) is 20.9 Å². The maximum atomic E-state index is 12.7. The highest BCUT2D eigenvalue weighted by molar-refractivity contribution is 7.17. The Kier molecular flexibility index (Phi) is 9.96. The fourth-order valence-corrected chi connectivity index (χ4v) is 4.59. The van der Waals surface area contributed by atoms with Crippen LogP contribution in [-0.2, 0) is 0 Å². The molecule has 2 heterocycles. The number of carbonyl (C=O) groups excluding carboxylic acids is 1. The molecule has 0 amide bonds. The zero-order valence-electron chi connectivity index (χ0n) is 17.6. The number of carbonyl (C=O) groups is 1. The van der Waals surface area contributed by atoms with Crippen molar-refractivity contribution >= 4 is 28.5 Å². The lowest BCUT2D eigenvalue weighted by Crippen LogP contribution is -1.93. The van der Waals surface area contributed by atoms with Crippen LogP contribution in [0.5, 0.6) is 0 Å². The zero-order chi connectivity index (χ0) is 23.1. The Balaban J connectivity index is 0.000000227. The molecule has 0 aliphatic rings. The van der Waals surface area contributed by atoms with Gasteiger partial charge in [0.15, 0.2) is 10.8 Å². The first kappa shape index (κ1) is 26.4. The van der Waals surface area contributed by atoms with Crippen molar-refractivity contribution in [2.75, 3.05) is 0 Å². The Morgan fingerprint density at radius 2 is 1.36 bits per heavy atom. The summed E-state index contributed by atoms with van der Waals surface area (Å²) in [5.74, 6) is -0.474. The second-order valence-electron chi connectivity index (χ2n) is 6.81. The Morgan fingerprint density at radius 3 is 1.85 bits per heavy atom. The number of Topliss-reactive ketones (excluding diaryl/α,β-unsaturated/α-hetero) is 1. The lowest BCUT2D eigenvalue weighted by Gasteiger charge is -2.01. The van der Waals surface area contributed by atoms with Crippen LogP contribution < -0.4 is 0 Å². The second kappa shape index (κ2) is 12.4. The molecule has 0 fully saturated rings. The first-order valence-electron chi connectivity index (χ1n) is 10.1. The molecular formula is C25H26F2N2O2S2. The predicted molar refractivity (Wildman–Crippen MR) is 132 cm³/mol. The van der Waals surface area contributed by atoms with Crippen molar-refractivity contribution in [3.05, 3.63) is 82.6 Å². The van der Waals surface area contributed by atoms with Crippen LogP contribution in [0.3, 0.4) is 0 Å². The average Bonchev–Trinajstić information content (AvgIpc) is 3.50. The van der Waals surface area contributed by atoms with E-state index in [1.54, 1.807) is 43.6 Å². The van der Waals surface area contributed by atoms with Crippen molar-refractivity contribution in [2.24, 2.45) is 0 Å². The summed E-state index contributed by atoms with van der Waals surface area (Å²) in [7, 11) is 0. The van der Waals surface area contributed by atoms with Crippen LogP contribution in [0, 0.1) is 11.6 Å². The van der Waals surface area contributed by atoms with Crippen LogP contribution in [0.2, 0.25) is 0 Å². The lowest BCUT2D eigenvalue weighted by atomic mass is 10.2. The van der Waals surface area contributed by atoms with Gasteiger partial charge in [0.25, 0.3) is 0 Å². The third-order valence-electron chi connectivity index (χ3n) is 4.52. The molecule has 2 aromatic heterocycles. The van der Waals surface area contributed by atoms with E-state index >= 15 is 0 Å². The Hall–Kier alpha value is -2.81. The monoisotopic (exact) mass is 488 g/mol. The molecule has 1 atom stereocenters. The largest absolute Gasteiger partial charge is 0.386 e. The maximum Gasteiger partial charge on any atom is 0.191 e. The normalized spacial score (nSPS) is 11.2. The van der Waals surface area contributed by atoms with E-state index in [1.807, 2.05) is 6.92 Å². The summed E-state index contributed by atoms with van der Waals surface area (Å²) in [4.78, 5) is 21.5. The van der Waals surface area contributed by atoms with Crippen LogP contribution in [0.15, 0.2) is 60.9 Å². The summed E-state index contributed by atoms with van der Waals surface area (Å²) in [6.45, 7) is 3.71. The fourth-order valence-electron chi connectivity index (χ4n) is 2.67. The van der Waals surface area contributed by atoms with Crippen molar-refractivity contribution in [3.63, 3.8) is 0 Å². The summed E-state index contributed by atoms with van der Waals surface area (Å²) in [5, 5.41) is 10.8. The number of aromatic nitrogens is 2. The van der Waals surface area contributed by atoms with Gasteiger partial charge in [0.2, 0.25) is 0 Å². The summed E-state index contributed by atoms with van der Waals surface area (Å²) >= 11 is 2.78. The molecule has 1 unspecified atom stereocenters. The molecule has 0 radical (unpaired) electrons. The van der Waals surface area contributed by atoms with Gasteiger partial charge in [-0.2, -0.15) is 0 Å². The van der Waals surface area contributed by atoms with E-state index in [4.69, 9.17) is 0 Å². The van der Waals surface area contributed by atoms with E-state index in [2.05, 4.69) is 9.97 Å². The number of halogens is 2. The first-order valence-corrected chi connectivity index (χ1v) is 11.7. The van der Waals surface area contributed by atoms with Crippen LogP contribution >= 0.6 is 22.7 Å². The minimum Gasteiger partial charge on any atom is -0.386 e. The van der Waals surface area contributed by atoms with Crippen molar-refractivity contribution in [3.8, 4) is 20.9 Å². The highest BCUT2D eigenvalue weighted by atomic mass is 32.1. The summed E-state index contributed by atoms with van der Waals surface area (Å²) in [6.07, 6.45) is 3.97. The van der Waals surface area contributed by atoms with E-state index in [1.165, 1.54) is 46.9 Å². The van der Waals surface area contributed by atoms with Gasteiger partial charge in [-0.3, -0.25) is 4.79 Å². The van der Waals surface area contributed by atoms with E-state index < -0.39 is 6.10 Å². The van der Waals surface area contributed by atoms with Gasteiger partial charge >= 0.3 is 0 Å². The molecule has 174 valence electrons. The molecule has 4 nitrogen and oxygen atoms in total. The smallest absolute Gasteiger partial charge is 0.191 e. The van der Waals surface area contributed by atoms with Crippen LogP contribution in [0.4, 0.5) is 8.78 Å². The molecule has 8 heteroatoms. The molecule has 4 rings (SSSR count). The number of aliphatic hydroxyl groups is 1. The molecule has 0 aliphatic carbocycles. The minimum absolute atomic E-state index is 0. The highest BCUT2D eigenvalue weighted by Gasteiger charge is 2.11. The standard InChI is InChI=1S/C12H12FNOS.C12H10FNOS.CH4/c2*1-2-10(15)12-14-7-11(16-12)8-3-5-9(13)6-4-8;/h3-7,10,15H,2H2,1H3;3-7H,2H2,1H3;1H4. The predicted octanol–water partition coefficient (Wildman–Crippen LogP) is 7.57. The van der Waals surface area contributed by atoms with E-state index in [-0.39, 0.29) is 24.8 Å². The number of ketones is 1. The molecule has 0 spiro atoms. The molecule has 0 saturated heterocycles. The molecule has 33 heavy (non-hydrogen) atoms. The molecule has 0 aliphatic heterocycles. The Bertz CT molecular complexity index is 1160. The Morgan fingerprint density at radius 1 is 0.879 bits per heavy atom. The Labute approximate surface area is 200 Å². The number of hydrogen-bond acceptors (Lipinski definition) is 6. The molecule has 2 aromatic carbocycles. The van der Waals surface area contributed by atoms with Gasteiger partial charge in [0.05, 0.1) is 9.75 Å². The van der Waals surface area contributed by atoms with Gasteiger partial charge in [0, 0.05) is 18.8 Å². The molecule has 1 N–H and O–H groups in total. The number of rotatable bonds is 6. The van der Waals surface area contributed by atoms with Gasteiger partial charge in [0.1, 0.15) is 22.7 Å². The average molecular weight is 489 g/mol.